The van der Waals surface area contributed by atoms with E-state index in [-0.39, 0.29) is 5.91 Å². The fourth-order valence-electron chi connectivity index (χ4n) is 3.52. The summed E-state index contributed by atoms with van der Waals surface area (Å²) in [5.41, 5.74) is 4.53. The van der Waals surface area contributed by atoms with E-state index in [1.54, 1.807) is 0 Å². The summed E-state index contributed by atoms with van der Waals surface area (Å²) in [6, 6.07) is 11.5. The van der Waals surface area contributed by atoms with Crippen molar-refractivity contribution in [2.75, 3.05) is 13.1 Å². The highest BCUT2D eigenvalue weighted by molar-refractivity contribution is 6.30. The lowest BCUT2D eigenvalue weighted by atomic mass is 10.1. The van der Waals surface area contributed by atoms with Gasteiger partial charge in [0.25, 0.3) is 5.91 Å². The number of rotatable bonds is 2. The molecule has 0 N–H and O–H groups in total. The van der Waals surface area contributed by atoms with Crippen LogP contribution >= 0.6 is 11.6 Å². The first kappa shape index (κ1) is 16.2. The van der Waals surface area contributed by atoms with Crippen LogP contribution in [0.1, 0.15) is 35.3 Å². The molecule has 1 fully saturated rings. The molecule has 0 unspecified atom stereocenters. The van der Waals surface area contributed by atoms with Crippen LogP contribution in [0, 0.1) is 6.92 Å². The number of nitrogens with zero attached hydrogens (tertiary/aromatic N) is 3. The highest BCUT2D eigenvalue weighted by Crippen LogP contribution is 2.27. The van der Waals surface area contributed by atoms with Gasteiger partial charge in [-0.2, -0.15) is 0 Å². The number of piperidine rings is 1. The third kappa shape index (κ3) is 3.02. The smallest absolute Gasteiger partial charge is 0.255 e. The van der Waals surface area contributed by atoms with Crippen molar-refractivity contribution in [3.05, 3.63) is 58.9 Å². The van der Waals surface area contributed by atoms with Gasteiger partial charge in [-0.05, 0) is 50.5 Å². The van der Waals surface area contributed by atoms with E-state index in [4.69, 9.17) is 11.6 Å². The molecule has 1 aliphatic heterocycles. The van der Waals surface area contributed by atoms with Crippen LogP contribution in [0.3, 0.4) is 0 Å². The molecule has 25 heavy (non-hydrogen) atoms. The van der Waals surface area contributed by atoms with Crippen LogP contribution in [0.5, 0.6) is 0 Å². The van der Waals surface area contributed by atoms with Gasteiger partial charge in [0.1, 0.15) is 5.65 Å². The number of benzene rings is 1. The van der Waals surface area contributed by atoms with Crippen molar-refractivity contribution in [3.63, 3.8) is 0 Å². The third-order valence-electron chi connectivity index (χ3n) is 4.80. The zero-order chi connectivity index (χ0) is 17.4. The first-order valence-electron chi connectivity index (χ1n) is 8.67. The average Bonchev–Trinajstić information content (AvgIpc) is 2.97. The molecule has 4 nitrogen and oxygen atoms in total. The minimum atomic E-state index is 0.106. The molecule has 128 valence electrons. The molecule has 1 amide bonds. The van der Waals surface area contributed by atoms with Gasteiger partial charge in [0.15, 0.2) is 0 Å². The van der Waals surface area contributed by atoms with Crippen molar-refractivity contribution in [1.29, 1.82) is 0 Å². The first-order valence-corrected chi connectivity index (χ1v) is 9.05. The molecule has 0 bridgehead atoms. The van der Waals surface area contributed by atoms with Gasteiger partial charge in [0, 0.05) is 29.9 Å². The molecule has 0 saturated carbocycles. The molecule has 0 spiro atoms. The normalized spacial score (nSPS) is 14.9. The van der Waals surface area contributed by atoms with E-state index < -0.39 is 0 Å². The number of imidazole rings is 1. The summed E-state index contributed by atoms with van der Waals surface area (Å²) in [6.45, 7) is 3.69. The quantitative estimate of drug-likeness (QED) is 0.675. The Bertz CT molecular complexity index is 924. The molecule has 4 rings (SSSR count). The van der Waals surface area contributed by atoms with Gasteiger partial charge >= 0.3 is 0 Å². The average molecular weight is 354 g/mol. The number of carbonyl (C=O) groups is 1. The SMILES string of the molecule is Cc1nc2ccc(C(=O)N3CCCCC3)cn2c1-c1ccc(Cl)cc1. The number of pyridine rings is 1. The summed E-state index contributed by atoms with van der Waals surface area (Å²) in [7, 11) is 0. The highest BCUT2D eigenvalue weighted by atomic mass is 35.5. The number of fused-ring (bicyclic) bond motifs is 1. The van der Waals surface area contributed by atoms with Gasteiger partial charge in [-0.25, -0.2) is 4.98 Å². The van der Waals surface area contributed by atoms with Crippen LogP contribution in [0.4, 0.5) is 0 Å². The van der Waals surface area contributed by atoms with E-state index in [2.05, 4.69) is 4.98 Å². The molecular formula is C20H20ClN3O. The van der Waals surface area contributed by atoms with E-state index in [0.717, 1.165) is 48.5 Å². The third-order valence-corrected chi connectivity index (χ3v) is 5.05. The second-order valence-corrected chi connectivity index (χ2v) is 6.99. The number of amides is 1. The lowest BCUT2D eigenvalue weighted by Gasteiger charge is -2.26. The summed E-state index contributed by atoms with van der Waals surface area (Å²) < 4.78 is 2.01. The molecule has 1 aliphatic rings. The van der Waals surface area contributed by atoms with Crippen LogP contribution in [-0.2, 0) is 0 Å². The van der Waals surface area contributed by atoms with Gasteiger partial charge in [0.2, 0.25) is 0 Å². The van der Waals surface area contributed by atoms with Crippen LogP contribution in [0.2, 0.25) is 5.02 Å². The van der Waals surface area contributed by atoms with E-state index in [0.29, 0.717) is 10.6 Å². The van der Waals surface area contributed by atoms with Crippen molar-refractivity contribution in [2.45, 2.75) is 26.2 Å². The number of likely N-dealkylation sites (tertiary alicyclic amines) is 1. The van der Waals surface area contributed by atoms with Crippen molar-refractivity contribution >= 4 is 23.2 Å². The Morgan fingerprint density at radius 3 is 2.48 bits per heavy atom. The lowest BCUT2D eigenvalue weighted by molar-refractivity contribution is 0.0724. The number of halogens is 1. The number of hydrogen-bond donors (Lipinski definition) is 0. The summed E-state index contributed by atoms with van der Waals surface area (Å²) >= 11 is 6.01. The van der Waals surface area contributed by atoms with Gasteiger partial charge in [-0.15, -0.1) is 0 Å². The van der Waals surface area contributed by atoms with Crippen LogP contribution in [-0.4, -0.2) is 33.3 Å². The Morgan fingerprint density at radius 2 is 1.76 bits per heavy atom. The molecular weight excluding hydrogens is 334 g/mol. The highest BCUT2D eigenvalue weighted by Gasteiger charge is 2.20. The Labute approximate surface area is 152 Å². The predicted octanol–water partition coefficient (Wildman–Crippen LogP) is 4.59. The molecule has 0 aliphatic carbocycles. The molecule has 1 saturated heterocycles. The summed E-state index contributed by atoms with van der Waals surface area (Å²) in [4.78, 5) is 19.4. The Balaban J connectivity index is 1.78. The summed E-state index contributed by atoms with van der Waals surface area (Å²) in [5.74, 6) is 0.106. The first-order chi connectivity index (χ1) is 12.1. The largest absolute Gasteiger partial charge is 0.339 e. The van der Waals surface area contributed by atoms with Crippen LogP contribution < -0.4 is 0 Å². The van der Waals surface area contributed by atoms with E-state index in [1.165, 1.54) is 6.42 Å². The van der Waals surface area contributed by atoms with Gasteiger partial charge in [-0.3, -0.25) is 9.20 Å². The van der Waals surface area contributed by atoms with Crippen molar-refractivity contribution in [3.8, 4) is 11.3 Å². The lowest BCUT2D eigenvalue weighted by Crippen LogP contribution is -2.35. The Kier molecular flexibility index (Phi) is 4.22. The number of hydrogen-bond acceptors (Lipinski definition) is 2. The standard InChI is InChI=1S/C20H20ClN3O/c1-14-19(15-5-8-17(21)9-6-15)24-13-16(7-10-18(24)22-14)20(25)23-11-3-2-4-12-23/h5-10,13H,2-4,11-12H2,1H3. The number of aromatic nitrogens is 2. The minimum Gasteiger partial charge on any atom is -0.339 e. The summed E-state index contributed by atoms with van der Waals surface area (Å²) in [5, 5.41) is 0.705. The van der Waals surface area contributed by atoms with Gasteiger partial charge in [0.05, 0.1) is 17.0 Å². The fourth-order valence-corrected chi connectivity index (χ4v) is 3.65. The van der Waals surface area contributed by atoms with Crippen molar-refractivity contribution in [2.24, 2.45) is 0 Å². The predicted molar refractivity (Wildman–Crippen MR) is 100 cm³/mol. The Morgan fingerprint density at radius 1 is 1.04 bits per heavy atom. The molecule has 3 heterocycles. The molecule has 1 aromatic carbocycles. The molecule has 3 aromatic rings. The zero-order valence-corrected chi connectivity index (χ0v) is 15.0. The van der Waals surface area contributed by atoms with E-state index >= 15 is 0 Å². The molecule has 2 aromatic heterocycles. The topological polar surface area (TPSA) is 37.6 Å². The van der Waals surface area contributed by atoms with E-state index in [9.17, 15) is 4.79 Å². The second-order valence-electron chi connectivity index (χ2n) is 6.55. The van der Waals surface area contributed by atoms with Gasteiger partial charge in [-0.1, -0.05) is 23.7 Å². The Hall–Kier alpha value is -2.33. The maximum Gasteiger partial charge on any atom is 0.255 e. The number of carbonyl (C=O) groups excluding carboxylic acids is 1. The van der Waals surface area contributed by atoms with Crippen LogP contribution in [0.25, 0.3) is 16.9 Å². The second kappa shape index (κ2) is 6.52. The zero-order valence-electron chi connectivity index (χ0n) is 14.2. The van der Waals surface area contributed by atoms with E-state index in [1.807, 2.05) is 58.8 Å². The monoisotopic (exact) mass is 353 g/mol. The number of aryl methyl sites for hydroxylation is 1. The van der Waals surface area contributed by atoms with Crippen molar-refractivity contribution in [1.82, 2.24) is 14.3 Å². The molecule has 5 heteroatoms. The molecule has 0 atom stereocenters. The van der Waals surface area contributed by atoms with Crippen molar-refractivity contribution < 1.29 is 4.79 Å². The van der Waals surface area contributed by atoms with Gasteiger partial charge < -0.3 is 4.90 Å². The minimum absolute atomic E-state index is 0.106. The van der Waals surface area contributed by atoms with Crippen LogP contribution in [0.15, 0.2) is 42.6 Å². The maximum atomic E-state index is 12.8. The maximum absolute atomic E-state index is 12.8. The molecule has 0 radical (unpaired) electrons. The fraction of sp³-hybridized carbons (Fsp3) is 0.300. The summed E-state index contributed by atoms with van der Waals surface area (Å²) in [6.07, 6.45) is 5.31.